The van der Waals surface area contributed by atoms with E-state index < -0.39 is 6.36 Å². The van der Waals surface area contributed by atoms with Crippen molar-refractivity contribution in [3.05, 3.63) is 72.6 Å². The first kappa shape index (κ1) is 20.2. The minimum absolute atomic E-state index is 0.110. The zero-order chi connectivity index (χ0) is 20.9. The molecule has 0 radical (unpaired) electrons. The molecule has 0 bridgehead atoms. The normalized spacial score (nSPS) is 11.2. The molecule has 6 nitrogen and oxygen atoms in total. The Hall–Kier alpha value is -3.49. The molecule has 0 saturated carbocycles. The SMILES string of the molecule is C=C(C)COc1ccc(-n2cc(COc3ccc(OC(F)(F)F)cc3)nn2)cc1. The van der Waals surface area contributed by atoms with Gasteiger partial charge in [0.15, 0.2) is 0 Å². The van der Waals surface area contributed by atoms with E-state index in [0.717, 1.165) is 17.0 Å². The predicted molar refractivity (Wildman–Crippen MR) is 99.1 cm³/mol. The van der Waals surface area contributed by atoms with E-state index in [9.17, 15) is 13.2 Å². The molecule has 0 saturated heterocycles. The van der Waals surface area contributed by atoms with Gasteiger partial charge in [-0.15, -0.1) is 18.3 Å². The van der Waals surface area contributed by atoms with Crippen LogP contribution in [0.1, 0.15) is 12.6 Å². The Morgan fingerprint density at radius 2 is 1.55 bits per heavy atom. The topological polar surface area (TPSA) is 58.4 Å². The summed E-state index contributed by atoms with van der Waals surface area (Å²) in [5, 5.41) is 8.07. The van der Waals surface area contributed by atoms with E-state index in [2.05, 4.69) is 21.6 Å². The van der Waals surface area contributed by atoms with Gasteiger partial charge in [0.2, 0.25) is 0 Å². The first-order valence-corrected chi connectivity index (χ1v) is 8.56. The fraction of sp³-hybridized carbons (Fsp3) is 0.200. The second-order valence-corrected chi connectivity index (χ2v) is 6.20. The third-order valence-electron chi connectivity index (χ3n) is 3.57. The molecule has 3 aromatic rings. The van der Waals surface area contributed by atoms with Crippen LogP contribution < -0.4 is 14.2 Å². The highest BCUT2D eigenvalue weighted by Crippen LogP contribution is 2.25. The summed E-state index contributed by atoms with van der Waals surface area (Å²) >= 11 is 0. The van der Waals surface area contributed by atoms with Crippen LogP contribution in [0.2, 0.25) is 0 Å². The minimum Gasteiger partial charge on any atom is -0.489 e. The first-order valence-electron chi connectivity index (χ1n) is 8.56. The molecule has 0 aliphatic heterocycles. The molecule has 0 amide bonds. The fourth-order valence-corrected chi connectivity index (χ4v) is 2.29. The second kappa shape index (κ2) is 8.68. The van der Waals surface area contributed by atoms with Crippen molar-refractivity contribution in [2.24, 2.45) is 0 Å². The van der Waals surface area contributed by atoms with Gasteiger partial charge in [-0.2, -0.15) is 0 Å². The number of benzene rings is 2. The molecular weight excluding hydrogens is 387 g/mol. The number of alkyl halides is 3. The third kappa shape index (κ3) is 6.27. The van der Waals surface area contributed by atoms with Gasteiger partial charge in [0.1, 0.15) is 36.2 Å². The van der Waals surface area contributed by atoms with Crippen molar-refractivity contribution in [2.45, 2.75) is 19.9 Å². The Morgan fingerprint density at radius 3 is 2.17 bits per heavy atom. The monoisotopic (exact) mass is 405 g/mol. The molecule has 2 aromatic carbocycles. The quantitative estimate of drug-likeness (QED) is 0.509. The summed E-state index contributed by atoms with van der Waals surface area (Å²) in [5.41, 5.74) is 2.28. The van der Waals surface area contributed by atoms with Crippen LogP contribution in [-0.4, -0.2) is 28.0 Å². The van der Waals surface area contributed by atoms with Crippen molar-refractivity contribution < 1.29 is 27.4 Å². The lowest BCUT2D eigenvalue weighted by Gasteiger charge is -2.09. The van der Waals surface area contributed by atoms with Gasteiger partial charge in [-0.05, 0) is 61.0 Å². The lowest BCUT2D eigenvalue weighted by atomic mass is 10.3. The maximum Gasteiger partial charge on any atom is 0.573 e. The van der Waals surface area contributed by atoms with Crippen LogP contribution in [0.4, 0.5) is 13.2 Å². The zero-order valence-electron chi connectivity index (χ0n) is 15.5. The second-order valence-electron chi connectivity index (χ2n) is 6.20. The molecule has 152 valence electrons. The van der Waals surface area contributed by atoms with Crippen LogP contribution >= 0.6 is 0 Å². The van der Waals surface area contributed by atoms with E-state index in [4.69, 9.17) is 9.47 Å². The Bertz CT molecular complexity index is 952. The minimum atomic E-state index is -4.73. The van der Waals surface area contributed by atoms with E-state index in [-0.39, 0.29) is 12.4 Å². The number of halogens is 3. The fourth-order valence-electron chi connectivity index (χ4n) is 2.29. The predicted octanol–water partition coefficient (Wildman–Crippen LogP) is 4.70. The average Bonchev–Trinajstić information content (AvgIpc) is 3.14. The van der Waals surface area contributed by atoms with Gasteiger partial charge in [-0.25, -0.2) is 4.68 Å². The van der Waals surface area contributed by atoms with Crippen LogP contribution in [0, 0.1) is 0 Å². The van der Waals surface area contributed by atoms with Crippen molar-refractivity contribution in [2.75, 3.05) is 6.61 Å². The van der Waals surface area contributed by atoms with E-state index in [1.54, 1.807) is 10.9 Å². The summed E-state index contributed by atoms with van der Waals surface area (Å²) in [4.78, 5) is 0. The van der Waals surface area contributed by atoms with E-state index in [0.29, 0.717) is 18.1 Å². The van der Waals surface area contributed by atoms with Gasteiger partial charge in [0, 0.05) is 0 Å². The lowest BCUT2D eigenvalue weighted by Crippen LogP contribution is -2.16. The van der Waals surface area contributed by atoms with Crippen LogP contribution in [0.3, 0.4) is 0 Å². The molecule has 1 aromatic heterocycles. The summed E-state index contributed by atoms with van der Waals surface area (Å²) < 4.78 is 53.0. The van der Waals surface area contributed by atoms with Gasteiger partial charge in [-0.1, -0.05) is 11.8 Å². The molecule has 0 atom stereocenters. The van der Waals surface area contributed by atoms with E-state index >= 15 is 0 Å². The van der Waals surface area contributed by atoms with Crippen molar-refractivity contribution >= 4 is 0 Å². The van der Waals surface area contributed by atoms with E-state index in [1.165, 1.54) is 24.3 Å². The Morgan fingerprint density at radius 1 is 0.966 bits per heavy atom. The van der Waals surface area contributed by atoms with Crippen LogP contribution in [0.5, 0.6) is 17.2 Å². The number of hydrogen-bond donors (Lipinski definition) is 0. The molecular formula is C20H18F3N3O3. The standard InChI is InChI=1S/C20H18F3N3O3/c1-14(2)12-27-17-5-3-16(4-6-17)26-11-15(24-25-26)13-28-18-7-9-19(10-8-18)29-20(21,22)23/h3-11H,1,12-13H2,2H3. The number of rotatable bonds is 8. The number of aromatic nitrogens is 3. The maximum absolute atomic E-state index is 12.2. The Labute approximate surface area is 165 Å². The molecule has 0 spiro atoms. The lowest BCUT2D eigenvalue weighted by molar-refractivity contribution is -0.274. The van der Waals surface area contributed by atoms with E-state index in [1.807, 2.05) is 31.2 Å². The molecule has 29 heavy (non-hydrogen) atoms. The number of hydrogen-bond acceptors (Lipinski definition) is 5. The van der Waals surface area contributed by atoms with Gasteiger partial charge in [0.05, 0.1) is 11.9 Å². The summed E-state index contributed by atoms with van der Waals surface area (Å²) in [6.45, 7) is 6.23. The molecule has 3 rings (SSSR count). The highest BCUT2D eigenvalue weighted by molar-refractivity contribution is 5.37. The van der Waals surface area contributed by atoms with Gasteiger partial charge >= 0.3 is 6.36 Å². The van der Waals surface area contributed by atoms with Crippen LogP contribution in [0.15, 0.2) is 66.9 Å². The average molecular weight is 405 g/mol. The third-order valence-corrected chi connectivity index (χ3v) is 3.57. The summed E-state index contributed by atoms with van der Waals surface area (Å²) in [7, 11) is 0. The summed E-state index contributed by atoms with van der Waals surface area (Å²) in [6, 6.07) is 12.4. The van der Waals surface area contributed by atoms with Crippen LogP contribution in [-0.2, 0) is 6.61 Å². The summed E-state index contributed by atoms with van der Waals surface area (Å²) in [5.74, 6) is 0.790. The van der Waals surface area contributed by atoms with Crippen molar-refractivity contribution in [1.82, 2.24) is 15.0 Å². The largest absolute Gasteiger partial charge is 0.573 e. The number of ether oxygens (including phenoxy) is 3. The highest BCUT2D eigenvalue weighted by Gasteiger charge is 2.30. The smallest absolute Gasteiger partial charge is 0.489 e. The molecule has 0 fully saturated rings. The molecule has 9 heteroatoms. The van der Waals surface area contributed by atoms with Crippen LogP contribution in [0.25, 0.3) is 5.69 Å². The highest BCUT2D eigenvalue weighted by atomic mass is 19.4. The van der Waals surface area contributed by atoms with Crippen molar-refractivity contribution in [3.8, 4) is 22.9 Å². The Kier molecular flexibility index (Phi) is 6.06. The molecule has 0 aliphatic carbocycles. The van der Waals surface area contributed by atoms with Gasteiger partial charge < -0.3 is 14.2 Å². The van der Waals surface area contributed by atoms with Gasteiger partial charge in [0.25, 0.3) is 0 Å². The summed E-state index contributed by atoms with van der Waals surface area (Å²) in [6.07, 6.45) is -3.03. The molecule has 0 N–H and O–H groups in total. The van der Waals surface area contributed by atoms with Crippen molar-refractivity contribution in [1.29, 1.82) is 0 Å². The molecule has 0 aliphatic rings. The number of nitrogens with zero attached hydrogens (tertiary/aromatic N) is 3. The molecule has 0 unspecified atom stereocenters. The zero-order valence-corrected chi connectivity index (χ0v) is 15.5. The maximum atomic E-state index is 12.2. The molecule has 1 heterocycles. The Balaban J connectivity index is 1.55. The first-order chi connectivity index (χ1) is 13.8. The van der Waals surface area contributed by atoms with Gasteiger partial charge in [-0.3, -0.25) is 0 Å². The van der Waals surface area contributed by atoms with Crippen molar-refractivity contribution in [3.63, 3.8) is 0 Å².